The molecule has 7 heteroatoms. The molecule has 1 aliphatic heterocycles. The molecule has 0 amide bonds. The van der Waals surface area contributed by atoms with E-state index in [0.29, 0.717) is 12.4 Å². The molecule has 2 heterocycles. The molecule has 118 valence electrons. The summed E-state index contributed by atoms with van der Waals surface area (Å²) in [6.45, 7) is 1.35. The zero-order valence-corrected chi connectivity index (χ0v) is 12.4. The van der Waals surface area contributed by atoms with Gasteiger partial charge in [-0.2, -0.15) is 5.26 Å². The van der Waals surface area contributed by atoms with E-state index in [0.717, 1.165) is 25.9 Å². The second-order valence-electron chi connectivity index (χ2n) is 4.68. The van der Waals surface area contributed by atoms with E-state index in [-0.39, 0.29) is 24.2 Å². The molecule has 0 bridgehead atoms. The molecule has 22 heavy (non-hydrogen) atoms. The van der Waals surface area contributed by atoms with Crippen LogP contribution in [0, 0.1) is 11.3 Å². The molecule has 0 N–H and O–H groups in total. The van der Waals surface area contributed by atoms with Gasteiger partial charge in [0.2, 0.25) is 0 Å². The lowest BCUT2D eigenvalue weighted by molar-refractivity contribution is -0.165. The standard InChI is InChI=1S/C15H18N2O5/c1-19-15(18)12-8-11(9-16)13(10-17-12)20-6-7-22-14-4-2-3-5-21-14/h8,10,14H,2-7H2,1H3. The fourth-order valence-electron chi connectivity index (χ4n) is 2.04. The predicted molar refractivity (Wildman–Crippen MR) is 75.3 cm³/mol. The first-order valence-electron chi connectivity index (χ1n) is 7.09. The molecule has 1 unspecified atom stereocenters. The number of ether oxygens (including phenoxy) is 4. The summed E-state index contributed by atoms with van der Waals surface area (Å²) >= 11 is 0. The number of nitrogens with zero attached hydrogens (tertiary/aromatic N) is 2. The fraction of sp³-hybridized carbons (Fsp3) is 0.533. The van der Waals surface area contributed by atoms with Crippen LogP contribution in [0.25, 0.3) is 0 Å². The van der Waals surface area contributed by atoms with E-state index < -0.39 is 5.97 Å². The van der Waals surface area contributed by atoms with Crippen LogP contribution < -0.4 is 4.74 Å². The van der Waals surface area contributed by atoms with E-state index in [1.807, 2.05) is 6.07 Å². The van der Waals surface area contributed by atoms with Crippen molar-refractivity contribution in [2.75, 3.05) is 26.9 Å². The number of carbonyl (C=O) groups is 1. The van der Waals surface area contributed by atoms with Crippen LogP contribution in [0.5, 0.6) is 5.75 Å². The quantitative estimate of drug-likeness (QED) is 0.583. The van der Waals surface area contributed by atoms with Crippen LogP contribution in [0.15, 0.2) is 12.3 Å². The first-order valence-corrected chi connectivity index (χ1v) is 7.09. The topological polar surface area (TPSA) is 90.7 Å². The third-order valence-electron chi connectivity index (χ3n) is 3.16. The van der Waals surface area contributed by atoms with Gasteiger partial charge in [0.05, 0.1) is 25.5 Å². The van der Waals surface area contributed by atoms with Crippen LogP contribution in [-0.2, 0) is 14.2 Å². The number of pyridine rings is 1. The maximum Gasteiger partial charge on any atom is 0.356 e. The van der Waals surface area contributed by atoms with Crippen molar-refractivity contribution >= 4 is 5.97 Å². The Morgan fingerprint density at radius 2 is 2.36 bits per heavy atom. The van der Waals surface area contributed by atoms with Crippen LogP contribution in [0.2, 0.25) is 0 Å². The van der Waals surface area contributed by atoms with Gasteiger partial charge in [0.15, 0.2) is 12.0 Å². The summed E-state index contributed by atoms with van der Waals surface area (Å²) in [4.78, 5) is 15.3. The number of aromatic nitrogens is 1. The number of carbonyl (C=O) groups excluding carboxylic acids is 1. The summed E-state index contributed by atoms with van der Waals surface area (Å²) in [6.07, 6.45) is 4.22. The van der Waals surface area contributed by atoms with E-state index in [1.54, 1.807) is 0 Å². The van der Waals surface area contributed by atoms with Gasteiger partial charge in [-0.25, -0.2) is 9.78 Å². The maximum atomic E-state index is 11.4. The van der Waals surface area contributed by atoms with Crippen molar-refractivity contribution in [1.29, 1.82) is 5.26 Å². The number of hydrogen-bond acceptors (Lipinski definition) is 7. The smallest absolute Gasteiger partial charge is 0.356 e. The molecule has 0 aliphatic carbocycles. The summed E-state index contributed by atoms with van der Waals surface area (Å²) in [7, 11) is 1.26. The van der Waals surface area contributed by atoms with Crippen molar-refractivity contribution in [2.24, 2.45) is 0 Å². The van der Waals surface area contributed by atoms with Gasteiger partial charge in [0, 0.05) is 6.61 Å². The Balaban J connectivity index is 1.84. The van der Waals surface area contributed by atoms with Gasteiger partial charge in [-0.1, -0.05) is 0 Å². The van der Waals surface area contributed by atoms with Crippen LogP contribution in [0.3, 0.4) is 0 Å². The van der Waals surface area contributed by atoms with E-state index in [2.05, 4.69) is 9.72 Å². The highest BCUT2D eigenvalue weighted by Gasteiger charge is 2.15. The zero-order valence-electron chi connectivity index (χ0n) is 12.4. The maximum absolute atomic E-state index is 11.4. The number of nitriles is 1. The van der Waals surface area contributed by atoms with Gasteiger partial charge >= 0.3 is 5.97 Å². The molecular formula is C15H18N2O5. The summed E-state index contributed by atoms with van der Waals surface area (Å²) in [5.74, 6) is -0.288. The second kappa shape index (κ2) is 8.32. The van der Waals surface area contributed by atoms with Gasteiger partial charge in [-0.15, -0.1) is 0 Å². The number of esters is 1. The van der Waals surface area contributed by atoms with E-state index in [4.69, 9.17) is 19.5 Å². The SMILES string of the molecule is COC(=O)c1cc(C#N)c(OCCOC2CCCCO2)cn1. The lowest BCUT2D eigenvalue weighted by Crippen LogP contribution is -2.24. The first kappa shape index (κ1) is 16.2. The molecule has 1 atom stereocenters. The Bertz CT molecular complexity index is 549. The fourth-order valence-corrected chi connectivity index (χ4v) is 2.04. The average Bonchev–Trinajstić information content (AvgIpc) is 2.59. The van der Waals surface area contributed by atoms with Crippen molar-refractivity contribution < 1.29 is 23.7 Å². The molecule has 0 spiro atoms. The van der Waals surface area contributed by atoms with Gasteiger partial charge < -0.3 is 18.9 Å². The first-order chi connectivity index (χ1) is 10.7. The molecule has 2 rings (SSSR count). The normalized spacial score (nSPS) is 17.5. The summed E-state index contributed by atoms with van der Waals surface area (Å²) < 4.78 is 21.0. The molecule has 7 nitrogen and oxygen atoms in total. The summed E-state index contributed by atoms with van der Waals surface area (Å²) in [5.41, 5.74) is 0.294. The minimum Gasteiger partial charge on any atom is -0.488 e. The van der Waals surface area contributed by atoms with Gasteiger partial charge in [0.1, 0.15) is 18.4 Å². The van der Waals surface area contributed by atoms with Gasteiger partial charge in [-0.05, 0) is 25.3 Å². The molecule has 0 radical (unpaired) electrons. The van der Waals surface area contributed by atoms with Crippen LogP contribution in [0.1, 0.15) is 35.3 Å². The monoisotopic (exact) mass is 306 g/mol. The third-order valence-corrected chi connectivity index (χ3v) is 3.16. The summed E-state index contributed by atoms with van der Waals surface area (Å²) in [6, 6.07) is 3.31. The molecule has 1 aliphatic rings. The number of rotatable bonds is 6. The zero-order chi connectivity index (χ0) is 15.8. The van der Waals surface area contributed by atoms with Crippen LogP contribution >= 0.6 is 0 Å². The van der Waals surface area contributed by atoms with Crippen molar-refractivity contribution in [2.45, 2.75) is 25.6 Å². The number of methoxy groups -OCH3 is 1. The Morgan fingerprint density at radius 1 is 1.50 bits per heavy atom. The molecular weight excluding hydrogens is 288 g/mol. The highest BCUT2D eigenvalue weighted by molar-refractivity contribution is 5.87. The van der Waals surface area contributed by atoms with E-state index >= 15 is 0 Å². The lowest BCUT2D eigenvalue weighted by atomic mass is 10.2. The number of hydrogen-bond donors (Lipinski definition) is 0. The van der Waals surface area contributed by atoms with Gasteiger partial charge in [0.25, 0.3) is 0 Å². The second-order valence-corrected chi connectivity index (χ2v) is 4.68. The van der Waals surface area contributed by atoms with Crippen molar-refractivity contribution in [3.63, 3.8) is 0 Å². The molecule has 1 aromatic rings. The van der Waals surface area contributed by atoms with Crippen molar-refractivity contribution in [1.82, 2.24) is 4.98 Å². The van der Waals surface area contributed by atoms with E-state index in [9.17, 15) is 4.79 Å². The van der Waals surface area contributed by atoms with Crippen LogP contribution in [-0.4, -0.2) is 44.2 Å². The summed E-state index contributed by atoms with van der Waals surface area (Å²) in [5, 5.41) is 9.10. The molecule has 1 fully saturated rings. The highest BCUT2D eigenvalue weighted by Crippen LogP contribution is 2.18. The minimum atomic E-state index is -0.596. The van der Waals surface area contributed by atoms with Gasteiger partial charge in [-0.3, -0.25) is 0 Å². The molecule has 1 aromatic heterocycles. The van der Waals surface area contributed by atoms with E-state index in [1.165, 1.54) is 19.4 Å². The molecule has 0 saturated carbocycles. The largest absolute Gasteiger partial charge is 0.488 e. The highest BCUT2D eigenvalue weighted by atomic mass is 16.7. The van der Waals surface area contributed by atoms with Crippen molar-refractivity contribution in [3.05, 3.63) is 23.5 Å². The Kier molecular flexibility index (Phi) is 6.13. The average molecular weight is 306 g/mol. The lowest BCUT2D eigenvalue weighted by Gasteiger charge is -2.22. The third kappa shape index (κ3) is 4.41. The predicted octanol–water partition coefficient (Wildman–Crippen LogP) is 1.66. The molecule has 0 aromatic carbocycles. The Labute approximate surface area is 128 Å². The Hall–Kier alpha value is -2.17. The Morgan fingerprint density at radius 3 is 3.05 bits per heavy atom. The van der Waals surface area contributed by atoms with Crippen LogP contribution in [0.4, 0.5) is 0 Å². The minimum absolute atomic E-state index is 0.0678. The molecule has 1 saturated heterocycles. The van der Waals surface area contributed by atoms with Crippen molar-refractivity contribution in [3.8, 4) is 11.8 Å².